The molecule has 1 aliphatic heterocycles. The van der Waals surface area contributed by atoms with Crippen molar-refractivity contribution >= 4 is 41.6 Å². The fraction of sp³-hybridized carbons (Fsp3) is 0.417. The maximum absolute atomic E-state index is 13.8. The first-order valence-electron chi connectivity index (χ1n) is 6.00. The third-order valence-electron chi connectivity index (χ3n) is 3.28. The first kappa shape index (κ1) is 16.7. The molecule has 1 aromatic carbocycles. The van der Waals surface area contributed by atoms with Crippen LogP contribution in [-0.4, -0.2) is 45.5 Å². The molecule has 2 rings (SSSR count). The Morgan fingerprint density at radius 2 is 2.19 bits per heavy atom. The fourth-order valence-electron chi connectivity index (χ4n) is 2.06. The first-order chi connectivity index (χ1) is 9.71. The number of halogens is 3. The van der Waals surface area contributed by atoms with Gasteiger partial charge in [0.25, 0.3) is 15.0 Å². The summed E-state index contributed by atoms with van der Waals surface area (Å²) in [7, 11) is 2.65. The first-order valence-corrected chi connectivity index (χ1v) is 9.10. The Morgan fingerprint density at radius 3 is 2.71 bits per heavy atom. The van der Waals surface area contributed by atoms with E-state index in [-0.39, 0.29) is 16.1 Å². The summed E-state index contributed by atoms with van der Waals surface area (Å²) in [6, 6.07) is 1.93. The van der Waals surface area contributed by atoms with E-state index in [2.05, 4.69) is 15.9 Å². The summed E-state index contributed by atoms with van der Waals surface area (Å²) >= 11 is 2.82. The molecule has 1 aromatic rings. The SMILES string of the molecule is CN(C(=O)c1cc(F)c(Br)c(S(=O)(=O)Cl)c1)C1CCOC1. The van der Waals surface area contributed by atoms with Crippen LogP contribution >= 0.6 is 26.6 Å². The van der Waals surface area contributed by atoms with E-state index in [0.717, 1.165) is 12.1 Å². The fourth-order valence-corrected chi connectivity index (χ4v) is 4.15. The van der Waals surface area contributed by atoms with E-state index in [1.54, 1.807) is 7.05 Å². The van der Waals surface area contributed by atoms with Crippen molar-refractivity contribution < 1.29 is 22.3 Å². The molecule has 0 aromatic heterocycles. The van der Waals surface area contributed by atoms with Gasteiger partial charge < -0.3 is 9.64 Å². The zero-order valence-electron chi connectivity index (χ0n) is 11.0. The van der Waals surface area contributed by atoms with Crippen LogP contribution in [0, 0.1) is 5.82 Å². The van der Waals surface area contributed by atoms with Crippen molar-refractivity contribution in [2.75, 3.05) is 20.3 Å². The predicted octanol–water partition coefficient (Wildman–Crippen LogP) is 2.38. The number of likely N-dealkylation sites (N-methyl/N-ethyl adjacent to an activating group) is 1. The topological polar surface area (TPSA) is 63.7 Å². The molecule has 1 aliphatic rings. The number of hydrogen-bond acceptors (Lipinski definition) is 4. The molecule has 1 atom stereocenters. The monoisotopic (exact) mass is 399 g/mol. The van der Waals surface area contributed by atoms with Crippen molar-refractivity contribution in [3.63, 3.8) is 0 Å². The zero-order chi connectivity index (χ0) is 15.8. The van der Waals surface area contributed by atoms with Gasteiger partial charge in [0.05, 0.1) is 17.1 Å². The average molecular weight is 401 g/mol. The highest BCUT2D eigenvalue weighted by Crippen LogP contribution is 2.30. The maximum atomic E-state index is 13.8. The maximum Gasteiger partial charge on any atom is 0.262 e. The van der Waals surface area contributed by atoms with E-state index >= 15 is 0 Å². The summed E-state index contributed by atoms with van der Waals surface area (Å²) in [5.74, 6) is -1.35. The van der Waals surface area contributed by atoms with Crippen molar-refractivity contribution in [3.05, 3.63) is 28.0 Å². The minimum absolute atomic E-state index is 0.0793. The lowest BCUT2D eigenvalue weighted by Gasteiger charge is -2.23. The van der Waals surface area contributed by atoms with Gasteiger partial charge in [-0.3, -0.25) is 4.79 Å². The number of amides is 1. The minimum atomic E-state index is -4.17. The Labute approximate surface area is 134 Å². The van der Waals surface area contributed by atoms with Crippen molar-refractivity contribution in [2.24, 2.45) is 0 Å². The number of benzene rings is 1. The molecule has 1 unspecified atom stereocenters. The van der Waals surface area contributed by atoms with Crippen LogP contribution in [0.3, 0.4) is 0 Å². The lowest BCUT2D eigenvalue weighted by Crippen LogP contribution is -2.37. The standard InChI is InChI=1S/C12H12BrClFNO4S/c1-16(8-2-3-20-6-8)12(17)7-4-9(15)11(13)10(5-7)21(14,18)19/h4-5,8H,2-3,6H2,1H3. The summed E-state index contributed by atoms with van der Waals surface area (Å²) in [6.07, 6.45) is 0.682. The van der Waals surface area contributed by atoms with E-state index in [9.17, 15) is 17.6 Å². The quantitative estimate of drug-likeness (QED) is 0.731. The molecule has 1 heterocycles. The van der Waals surface area contributed by atoms with E-state index in [4.69, 9.17) is 15.4 Å². The number of carbonyl (C=O) groups is 1. The molecular weight excluding hydrogens is 389 g/mol. The van der Waals surface area contributed by atoms with Gasteiger partial charge in [0.1, 0.15) is 10.7 Å². The summed E-state index contributed by atoms with van der Waals surface area (Å²) in [5.41, 5.74) is -0.0793. The van der Waals surface area contributed by atoms with Gasteiger partial charge in [-0.05, 0) is 34.5 Å². The molecular formula is C12H12BrClFNO4S. The van der Waals surface area contributed by atoms with Gasteiger partial charge in [-0.2, -0.15) is 0 Å². The molecule has 1 fully saturated rings. The molecule has 0 N–H and O–H groups in total. The van der Waals surface area contributed by atoms with Crippen molar-refractivity contribution in [2.45, 2.75) is 17.4 Å². The summed E-state index contributed by atoms with van der Waals surface area (Å²) < 4.78 is 41.6. The van der Waals surface area contributed by atoms with Crippen molar-refractivity contribution in [1.29, 1.82) is 0 Å². The number of carbonyl (C=O) groups excluding carboxylic acids is 1. The molecule has 0 radical (unpaired) electrons. The predicted molar refractivity (Wildman–Crippen MR) is 78.5 cm³/mol. The minimum Gasteiger partial charge on any atom is -0.379 e. The zero-order valence-corrected chi connectivity index (χ0v) is 14.1. The van der Waals surface area contributed by atoms with E-state index in [0.29, 0.717) is 19.6 Å². The molecule has 1 saturated heterocycles. The van der Waals surface area contributed by atoms with Gasteiger partial charge in [0.15, 0.2) is 0 Å². The lowest BCUT2D eigenvalue weighted by molar-refractivity contribution is 0.0710. The van der Waals surface area contributed by atoms with Crippen LogP contribution in [0.15, 0.2) is 21.5 Å². The van der Waals surface area contributed by atoms with Crippen LogP contribution in [0.4, 0.5) is 4.39 Å². The molecule has 0 bridgehead atoms. The number of rotatable bonds is 3. The molecule has 0 aliphatic carbocycles. The number of hydrogen-bond donors (Lipinski definition) is 0. The Hall–Kier alpha value is -0.700. The second-order valence-corrected chi connectivity index (χ2v) is 7.97. The number of ether oxygens (including phenoxy) is 1. The van der Waals surface area contributed by atoms with Crippen LogP contribution in [0.5, 0.6) is 0 Å². The Kier molecular flexibility index (Phi) is 4.92. The van der Waals surface area contributed by atoms with Gasteiger partial charge in [-0.1, -0.05) is 0 Å². The second-order valence-electron chi connectivity index (χ2n) is 4.64. The Morgan fingerprint density at radius 1 is 1.52 bits per heavy atom. The highest BCUT2D eigenvalue weighted by molar-refractivity contribution is 9.10. The third-order valence-corrected chi connectivity index (χ3v) is 5.69. The highest BCUT2D eigenvalue weighted by Gasteiger charge is 2.27. The molecule has 0 spiro atoms. The average Bonchev–Trinajstić information content (AvgIpc) is 2.92. The summed E-state index contributed by atoms with van der Waals surface area (Å²) in [5, 5.41) is 0. The molecule has 0 saturated carbocycles. The van der Waals surface area contributed by atoms with Crippen LogP contribution in [0.25, 0.3) is 0 Å². The molecule has 9 heteroatoms. The van der Waals surface area contributed by atoms with Gasteiger partial charge >= 0.3 is 0 Å². The van der Waals surface area contributed by atoms with Crippen molar-refractivity contribution in [1.82, 2.24) is 4.90 Å². The molecule has 116 valence electrons. The number of nitrogens with zero attached hydrogens (tertiary/aromatic N) is 1. The van der Waals surface area contributed by atoms with E-state index in [1.165, 1.54) is 4.90 Å². The summed E-state index contributed by atoms with van der Waals surface area (Å²) in [6.45, 7) is 0.959. The van der Waals surface area contributed by atoms with Crippen LogP contribution in [0.1, 0.15) is 16.8 Å². The van der Waals surface area contributed by atoms with Gasteiger partial charge in [-0.25, -0.2) is 12.8 Å². The summed E-state index contributed by atoms with van der Waals surface area (Å²) in [4.78, 5) is 13.3. The molecule has 1 amide bonds. The largest absolute Gasteiger partial charge is 0.379 e. The van der Waals surface area contributed by atoms with Crippen LogP contribution < -0.4 is 0 Å². The van der Waals surface area contributed by atoms with Crippen LogP contribution in [-0.2, 0) is 13.8 Å². The normalized spacial score (nSPS) is 18.8. The second kappa shape index (κ2) is 6.20. The Balaban J connectivity index is 2.40. The van der Waals surface area contributed by atoms with Gasteiger partial charge in [0, 0.05) is 29.9 Å². The molecule has 5 nitrogen and oxygen atoms in total. The van der Waals surface area contributed by atoms with Gasteiger partial charge in [0.2, 0.25) is 0 Å². The van der Waals surface area contributed by atoms with E-state index in [1.807, 2.05) is 0 Å². The lowest BCUT2D eigenvalue weighted by atomic mass is 10.1. The van der Waals surface area contributed by atoms with E-state index < -0.39 is 25.7 Å². The Bertz CT molecular complexity index is 676. The van der Waals surface area contributed by atoms with Crippen molar-refractivity contribution in [3.8, 4) is 0 Å². The van der Waals surface area contributed by atoms with Crippen LogP contribution in [0.2, 0.25) is 0 Å². The highest BCUT2D eigenvalue weighted by atomic mass is 79.9. The third kappa shape index (κ3) is 3.56. The smallest absolute Gasteiger partial charge is 0.262 e. The molecule has 21 heavy (non-hydrogen) atoms. The van der Waals surface area contributed by atoms with Gasteiger partial charge in [-0.15, -0.1) is 0 Å².